The highest BCUT2D eigenvalue weighted by Crippen LogP contribution is 2.35. The molecule has 0 saturated carbocycles. The van der Waals surface area contributed by atoms with Crippen LogP contribution in [0, 0.1) is 18.6 Å². The number of ether oxygens (including phenoxy) is 3. The number of carbonyl (C=O) groups is 1. The average Bonchev–Trinajstić information content (AvgIpc) is 2.95. The second-order valence-corrected chi connectivity index (χ2v) is 12.8. The summed E-state index contributed by atoms with van der Waals surface area (Å²) in [6.45, 7) is 8.10. The van der Waals surface area contributed by atoms with Gasteiger partial charge in [-0.3, -0.25) is 4.72 Å². The summed E-state index contributed by atoms with van der Waals surface area (Å²) in [6.07, 6.45) is 4.73. The van der Waals surface area contributed by atoms with E-state index in [4.69, 9.17) is 14.2 Å². The quantitative estimate of drug-likeness (QED) is 0.174. The van der Waals surface area contributed by atoms with E-state index in [0.29, 0.717) is 53.7 Å². The van der Waals surface area contributed by atoms with Crippen molar-refractivity contribution in [2.24, 2.45) is 0 Å². The molecule has 4 aromatic rings. The fourth-order valence-electron chi connectivity index (χ4n) is 4.37. The molecule has 0 aliphatic rings. The van der Waals surface area contributed by atoms with Gasteiger partial charge in [-0.25, -0.2) is 36.9 Å². The number of fused-ring (bicyclic) bond motifs is 1. The fourth-order valence-corrected chi connectivity index (χ4v) is 5.47. The Morgan fingerprint density at radius 1 is 0.978 bits per heavy atom. The van der Waals surface area contributed by atoms with Gasteiger partial charge in [0.2, 0.25) is 5.88 Å². The molecule has 2 aromatic heterocycles. The normalized spacial score (nSPS) is 11.7. The van der Waals surface area contributed by atoms with Crippen molar-refractivity contribution in [2.75, 3.05) is 25.0 Å². The highest BCUT2D eigenvalue weighted by atomic mass is 32.2. The van der Waals surface area contributed by atoms with Gasteiger partial charge in [0, 0.05) is 35.5 Å². The minimum Gasteiger partial charge on any atom is -0.491 e. The summed E-state index contributed by atoms with van der Waals surface area (Å²) >= 11 is 0. The molecule has 45 heavy (non-hydrogen) atoms. The maximum absolute atomic E-state index is 14.3. The molecule has 0 aliphatic carbocycles. The number of pyridine rings is 1. The lowest BCUT2D eigenvalue weighted by molar-refractivity contribution is 0.0527. The van der Waals surface area contributed by atoms with Gasteiger partial charge in [-0.15, -0.1) is 0 Å². The minimum absolute atomic E-state index is 0.0530. The Bertz CT molecular complexity index is 1800. The number of carbonyl (C=O) groups excluding carboxylic acids is 1. The van der Waals surface area contributed by atoms with Crippen LogP contribution < -0.4 is 19.5 Å². The zero-order chi connectivity index (χ0) is 32.8. The maximum Gasteiger partial charge on any atom is 0.407 e. The molecule has 0 fully saturated rings. The van der Waals surface area contributed by atoms with Crippen LogP contribution >= 0.6 is 0 Å². The van der Waals surface area contributed by atoms with Crippen molar-refractivity contribution in [3.63, 3.8) is 0 Å². The molecule has 240 valence electrons. The molecular formula is C31H35F2N5O6S. The second-order valence-electron chi connectivity index (χ2n) is 11.1. The van der Waals surface area contributed by atoms with Gasteiger partial charge in [0.25, 0.3) is 10.0 Å². The lowest BCUT2D eigenvalue weighted by atomic mass is 10.0. The van der Waals surface area contributed by atoms with Crippen LogP contribution in [0.3, 0.4) is 0 Å². The number of sulfonamides is 1. The van der Waals surface area contributed by atoms with E-state index in [9.17, 15) is 22.0 Å². The van der Waals surface area contributed by atoms with Crippen LogP contribution in [0.1, 0.15) is 45.7 Å². The Labute approximate surface area is 260 Å². The third-order valence-corrected chi connectivity index (χ3v) is 7.85. The van der Waals surface area contributed by atoms with Crippen LogP contribution in [0.2, 0.25) is 0 Å². The van der Waals surface area contributed by atoms with Gasteiger partial charge in [0.05, 0.1) is 13.7 Å². The van der Waals surface area contributed by atoms with Gasteiger partial charge >= 0.3 is 6.09 Å². The zero-order valence-corrected chi connectivity index (χ0v) is 26.4. The highest BCUT2D eigenvalue weighted by molar-refractivity contribution is 7.92. The number of unbranched alkanes of at least 4 members (excludes halogenated alkanes) is 2. The number of aryl methyl sites for hydroxylation is 1. The number of benzene rings is 2. The Morgan fingerprint density at radius 2 is 1.76 bits per heavy atom. The van der Waals surface area contributed by atoms with Gasteiger partial charge < -0.3 is 19.5 Å². The molecule has 0 atom stereocenters. The van der Waals surface area contributed by atoms with E-state index in [0.717, 1.165) is 30.4 Å². The van der Waals surface area contributed by atoms with E-state index in [-0.39, 0.29) is 11.6 Å². The first-order valence-electron chi connectivity index (χ1n) is 14.1. The molecule has 0 saturated heterocycles. The molecule has 11 nitrogen and oxygen atoms in total. The lowest BCUT2D eigenvalue weighted by Crippen LogP contribution is -2.33. The van der Waals surface area contributed by atoms with Gasteiger partial charge in [0.15, 0.2) is 0 Å². The number of halogens is 2. The molecule has 0 unspecified atom stereocenters. The Kier molecular flexibility index (Phi) is 10.4. The summed E-state index contributed by atoms with van der Waals surface area (Å²) in [5, 5.41) is 3.45. The molecular weight excluding hydrogens is 608 g/mol. The van der Waals surface area contributed by atoms with Crippen molar-refractivity contribution in [1.29, 1.82) is 0 Å². The van der Waals surface area contributed by atoms with Gasteiger partial charge in [-0.1, -0.05) is 0 Å². The third kappa shape index (κ3) is 8.75. The summed E-state index contributed by atoms with van der Waals surface area (Å²) in [5.41, 5.74) is 1.82. The molecule has 2 heterocycles. The number of nitrogens with one attached hydrogen (secondary N) is 2. The Morgan fingerprint density at radius 3 is 2.47 bits per heavy atom. The molecule has 2 N–H and O–H groups in total. The van der Waals surface area contributed by atoms with Crippen molar-refractivity contribution in [3.8, 4) is 22.8 Å². The standard InChI is InChI=1S/C31H35F2N5O6S/c1-19-23-13-20(15-26(28(23)37-18-36-19)43-12-8-6-7-11-34-30(39)44-31(2,3)4)21-14-25(29(42-5)35-17-21)38-45(40,41)27-10-9-22(32)16-24(27)33/h9-10,13-18,38H,6-8,11-12H2,1-5H3,(H,34,39). The third-order valence-electron chi connectivity index (χ3n) is 6.46. The summed E-state index contributed by atoms with van der Waals surface area (Å²) in [7, 11) is -3.15. The molecule has 0 radical (unpaired) electrons. The highest BCUT2D eigenvalue weighted by Gasteiger charge is 2.23. The van der Waals surface area contributed by atoms with E-state index in [1.807, 2.05) is 13.0 Å². The van der Waals surface area contributed by atoms with Gasteiger partial charge in [-0.2, -0.15) is 0 Å². The van der Waals surface area contributed by atoms with Crippen LogP contribution in [-0.4, -0.2) is 55.3 Å². The monoisotopic (exact) mass is 643 g/mol. The van der Waals surface area contributed by atoms with Crippen LogP contribution in [0.5, 0.6) is 11.6 Å². The van der Waals surface area contributed by atoms with Crippen molar-refractivity contribution < 1.29 is 36.2 Å². The summed E-state index contributed by atoms with van der Waals surface area (Å²) in [5.74, 6) is -1.71. The van der Waals surface area contributed by atoms with Crippen molar-refractivity contribution >= 4 is 32.7 Å². The van der Waals surface area contributed by atoms with E-state index in [1.165, 1.54) is 25.7 Å². The SMILES string of the molecule is COc1ncc(-c2cc(OCCCCCNC(=O)OC(C)(C)C)c3ncnc(C)c3c2)cc1NS(=O)(=O)c1ccc(F)cc1F. The Balaban J connectivity index is 1.53. The minimum atomic E-state index is -4.46. The number of alkyl carbamates (subject to hydrolysis) is 1. The zero-order valence-electron chi connectivity index (χ0n) is 25.6. The van der Waals surface area contributed by atoms with Gasteiger partial charge in [-0.05, 0) is 82.9 Å². The van der Waals surface area contributed by atoms with Gasteiger partial charge in [0.1, 0.15) is 45.4 Å². The number of anilines is 1. The second kappa shape index (κ2) is 14.0. The maximum atomic E-state index is 14.3. The molecule has 0 spiro atoms. The predicted octanol–water partition coefficient (Wildman–Crippen LogP) is 6.16. The van der Waals surface area contributed by atoms with Crippen LogP contribution in [0.4, 0.5) is 19.3 Å². The smallest absolute Gasteiger partial charge is 0.407 e. The summed E-state index contributed by atoms with van der Waals surface area (Å²) < 4.78 is 72.6. The first-order valence-corrected chi connectivity index (χ1v) is 15.6. The molecule has 0 bridgehead atoms. The number of hydrogen-bond acceptors (Lipinski definition) is 9. The number of aromatic nitrogens is 3. The van der Waals surface area contributed by atoms with E-state index >= 15 is 0 Å². The van der Waals surface area contributed by atoms with E-state index in [2.05, 4.69) is 25.0 Å². The summed E-state index contributed by atoms with van der Waals surface area (Å²) in [6, 6.07) is 7.27. The van der Waals surface area contributed by atoms with Crippen molar-refractivity contribution in [1.82, 2.24) is 20.3 Å². The van der Waals surface area contributed by atoms with E-state index in [1.54, 1.807) is 26.8 Å². The number of rotatable bonds is 12. The first kappa shape index (κ1) is 33.3. The van der Waals surface area contributed by atoms with Crippen LogP contribution in [-0.2, 0) is 14.8 Å². The topological polar surface area (TPSA) is 142 Å². The number of nitrogens with zero attached hydrogens (tertiary/aromatic N) is 3. The number of amides is 1. The molecule has 1 amide bonds. The molecule has 2 aromatic carbocycles. The predicted molar refractivity (Wildman–Crippen MR) is 165 cm³/mol. The molecule has 14 heteroatoms. The molecule has 4 rings (SSSR count). The summed E-state index contributed by atoms with van der Waals surface area (Å²) in [4.78, 5) is 24.0. The molecule has 0 aliphatic heterocycles. The number of methoxy groups -OCH3 is 1. The lowest BCUT2D eigenvalue weighted by Gasteiger charge is -2.19. The Hall–Kier alpha value is -4.59. The number of hydrogen-bond donors (Lipinski definition) is 2. The van der Waals surface area contributed by atoms with Crippen molar-refractivity contribution in [2.45, 2.75) is 57.5 Å². The van der Waals surface area contributed by atoms with Crippen LogP contribution in [0.15, 0.2) is 53.8 Å². The van der Waals surface area contributed by atoms with Crippen LogP contribution in [0.25, 0.3) is 22.0 Å². The average molecular weight is 644 g/mol. The van der Waals surface area contributed by atoms with Crippen molar-refractivity contribution in [3.05, 3.63) is 66.3 Å². The van der Waals surface area contributed by atoms with E-state index < -0.39 is 38.2 Å². The fraction of sp³-hybridized carbons (Fsp3) is 0.355. The first-order chi connectivity index (χ1) is 21.3. The largest absolute Gasteiger partial charge is 0.491 e.